The summed E-state index contributed by atoms with van der Waals surface area (Å²) >= 11 is 5.77. The number of hydrogen-bond acceptors (Lipinski definition) is 4. The van der Waals surface area contributed by atoms with Gasteiger partial charge in [0.1, 0.15) is 5.75 Å². The van der Waals surface area contributed by atoms with Crippen molar-refractivity contribution in [3.63, 3.8) is 0 Å². The number of amides is 2. The molecule has 0 heterocycles. The Kier molecular flexibility index (Phi) is 5.66. The fraction of sp³-hybridized carbons (Fsp3) is 0.133. The Morgan fingerprint density at radius 3 is 2.25 bits per heavy atom. The molecule has 9 heteroatoms. The van der Waals surface area contributed by atoms with Gasteiger partial charge in [0.2, 0.25) is 0 Å². The Morgan fingerprint density at radius 2 is 1.71 bits per heavy atom. The number of carbonyl (C=O) groups excluding carboxylic acids is 1. The Balaban J connectivity index is 1.89. The van der Waals surface area contributed by atoms with Crippen LogP contribution in [0.4, 0.5) is 10.5 Å². The predicted octanol–water partition coefficient (Wildman–Crippen LogP) is 3.13. The van der Waals surface area contributed by atoms with Gasteiger partial charge in [-0.05, 0) is 55.5 Å². The summed E-state index contributed by atoms with van der Waals surface area (Å²) in [6, 6.07) is 11.2. The highest BCUT2D eigenvalue weighted by molar-refractivity contribution is 7.85. The van der Waals surface area contributed by atoms with Crippen LogP contribution in [0.1, 0.15) is 6.92 Å². The average Bonchev–Trinajstić information content (AvgIpc) is 2.49. The highest BCUT2D eigenvalue weighted by atomic mass is 35.5. The van der Waals surface area contributed by atoms with Crippen molar-refractivity contribution in [2.75, 3.05) is 5.32 Å². The van der Waals surface area contributed by atoms with Gasteiger partial charge in [-0.1, -0.05) is 11.6 Å². The van der Waals surface area contributed by atoms with Crippen molar-refractivity contribution >= 4 is 33.4 Å². The number of nitrogens with one attached hydrogen (secondary N) is 2. The van der Waals surface area contributed by atoms with E-state index in [9.17, 15) is 13.2 Å². The third kappa shape index (κ3) is 5.41. The van der Waals surface area contributed by atoms with Gasteiger partial charge < -0.3 is 15.4 Å². The summed E-state index contributed by atoms with van der Waals surface area (Å²) < 4.78 is 36.3. The predicted molar refractivity (Wildman–Crippen MR) is 90.0 cm³/mol. The van der Waals surface area contributed by atoms with Crippen LogP contribution in [0.15, 0.2) is 53.4 Å². The first-order chi connectivity index (χ1) is 11.2. The molecule has 0 aliphatic rings. The summed E-state index contributed by atoms with van der Waals surface area (Å²) in [4.78, 5) is 11.6. The number of hydrogen-bond donors (Lipinski definition) is 3. The Bertz CT molecular complexity index is 807. The number of rotatable bonds is 5. The highest BCUT2D eigenvalue weighted by Gasteiger charge is 2.11. The molecule has 2 rings (SSSR count). The minimum absolute atomic E-state index is 0.257. The summed E-state index contributed by atoms with van der Waals surface area (Å²) in [6.45, 7) is 1.65. The maximum Gasteiger partial charge on any atom is 0.322 e. The van der Waals surface area contributed by atoms with Gasteiger partial charge in [-0.25, -0.2) is 4.79 Å². The van der Waals surface area contributed by atoms with E-state index in [2.05, 4.69) is 10.6 Å². The maximum absolute atomic E-state index is 11.9. The smallest absolute Gasteiger partial charge is 0.322 e. The molecule has 0 saturated heterocycles. The zero-order valence-electron chi connectivity index (χ0n) is 12.6. The van der Waals surface area contributed by atoms with Crippen molar-refractivity contribution in [1.82, 2.24) is 5.32 Å². The van der Waals surface area contributed by atoms with Gasteiger partial charge in [-0.15, -0.1) is 0 Å². The van der Waals surface area contributed by atoms with Gasteiger partial charge in [0.15, 0.2) is 6.23 Å². The molecule has 0 bridgehead atoms. The van der Waals surface area contributed by atoms with Crippen LogP contribution in [0.3, 0.4) is 0 Å². The Labute approximate surface area is 144 Å². The number of carbonyl (C=O) groups is 1. The molecular weight excluding hydrogens is 356 g/mol. The number of urea groups is 1. The molecule has 24 heavy (non-hydrogen) atoms. The lowest BCUT2D eigenvalue weighted by Gasteiger charge is -2.16. The van der Waals surface area contributed by atoms with E-state index < -0.39 is 22.4 Å². The molecule has 0 fully saturated rings. The van der Waals surface area contributed by atoms with Gasteiger partial charge in [0.25, 0.3) is 10.1 Å². The molecule has 1 atom stereocenters. The molecule has 7 nitrogen and oxygen atoms in total. The number of halogens is 1. The summed E-state index contributed by atoms with van der Waals surface area (Å²) in [5.74, 6) is 0.546. The van der Waals surface area contributed by atoms with Crippen LogP contribution < -0.4 is 15.4 Å². The zero-order chi connectivity index (χ0) is 17.7. The van der Waals surface area contributed by atoms with Gasteiger partial charge in [-0.2, -0.15) is 8.42 Å². The van der Waals surface area contributed by atoms with Crippen LogP contribution in [0.5, 0.6) is 5.75 Å². The molecule has 0 aromatic heterocycles. The van der Waals surface area contributed by atoms with Crippen molar-refractivity contribution in [2.24, 2.45) is 0 Å². The zero-order valence-corrected chi connectivity index (χ0v) is 14.1. The molecule has 3 N–H and O–H groups in total. The summed E-state index contributed by atoms with van der Waals surface area (Å²) in [7, 11) is -4.26. The maximum atomic E-state index is 11.9. The Hall–Kier alpha value is -2.29. The third-order valence-electron chi connectivity index (χ3n) is 2.87. The fourth-order valence-electron chi connectivity index (χ4n) is 1.81. The van der Waals surface area contributed by atoms with E-state index in [1.807, 2.05) is 0 Å². The van der Waals surface area contributed by atoms with Crippen molar-refractivity contribution in [3.05, 3.63) is 53.6 Å². The summed E-state index contributed by atoms with van der Waals surface area (Å²) in [5.41, 5.74) is 0.360. The Morgan fingerprint density at radius 1 is 1.12 bits per heavy atom. The number of anilines is 1. The molecule has 0 aliphatic heterocycles. The van der Waals surface area contributed by atoms with Crippen molar-refractivity contribution in [1.29, 1.82) is 0 Å². The van der Waals surface area contributed by atoms with E-state index in [-0.39, 0.29) is 4.90 Å². The quantitative estimate of drug-likeness (QED) is 0.554. The van der Waals surface area contributed by atoms with E-state index in [1.54, 1.807) is 31.2 Å². The lowest BCUT2D eigenvalue weighted by molar-refractivity contribution is 0.183. The van der Waals surface area contributed by atoms with Crippen molar-refractivity contribution in [3.8, 4) is 5.75 Å². The monoisotopic (exact) mass is 370 g/mol. The van der Waals surface area contributed by atoms with Crippen molar-refractivity contribution in [2.45, 2.75) is 18.0 Å². The summed E-state index contributed by atoms with van der Waals surface area (Å²) in [6.07, 6.45) is -0.608. The van der Waals surface area contributed by atoms with E-state index in [1.165, 1.54) is 24.3 Å². The molecule has 1 unspecified atom stereocenters. The SMILES string of the molecule is CC(NC(=O)Nc1ccc(S(=O)(=O)O)cc1)Oc1ccc(Cl)cc1. The van der Waals surface area contributed by atoms with E-state index in [0.29, 0.717) is 16.5 Å². The van der Waals surface area contributed by atoms with Crippen LogP contribution in [0.25, 0.3) is 0 Å². The molecular formula is C15H15ClN2O5S. The van der Waals surface area contributed by atoms with Crippen LogP contribution in [0, 0.1) is 0 Å². The van der Waals surface area contributed by atoms with Crippen LogP contribution in [0.2, 0.25) is 5.02 Å². The number of benzene rings is 2. The summed E-state index contributed by atoms with van der Waals surface area (Å²) in [5, 5.41) is 5.66. The first-order valence-corrected chi connectivity index (χ1v) is 8.63. The van der Waals surface area contributed by atoms with Crippen LogP contribution >= 0.6 is 11.6 Å². The average molecular weight is 371 g/mol. The molecule has 0 spiro atoms. The van der Waals surface area contributed by atoms with Crippen molar-refractivity contribution < 1.29 is 22.5 Å². The second-order valence-corrected chi connectivity index (χ2v) is 6.67. The lowest BCUT2D eigenvalue weighted by Crippen LogP contribution is -2.39. The van der Waals surface area contributed by atoms with E-state index in [4.69, 9.17) is 20.9 Å². The molecule has 2 aromatic rings. The van der Waals surface area contributed by atoms with Gasteiger partial charge >= 0.3 is 6.03 Å². The topological polar surface area (TPSA) is 105 Å². The molecule has 128 valence electrons. The van der Waals surface area contributed by atoms with Gasteiger partial charge in [-0.3, -0.25) is 4.55 Å². The molecule has 0 radical (unpaired) electrons. The van der Waals surface area contributed by atoms with Crippen LogP contribution in [-0.2, 0) is 10.1 Å². The minimum Gasteiger partial charge on any atom is -0.471 e. The standard InChI is InChI=1S/C15H15ClN2O5S/c1-10(23-13-6-2-11(16)3-7-13)17-15(19)18-12-4-8-14(9-5-12)24(20,21)22/h2-10H,1H3,(H2,17,18,19)(H,20,21,22). The second-order valence-electron chi connectivity index (χ2n) is 4.81. The minimum atomic E-state index is -4.26. The lowest BCUT2D eigenvalue weighted by atomic mass is 10.3. The van der Waals surface area contributed by atoms with E-state index >= 15 is 0 Å². The first kappa shape index (κ1) is 18.1. The molecule has 0 aliphatic carbocycles. The molecule has 2 amide bonds. The number of ether oxygens (including phenoxy) is 1. The third-order valence-corrected chi connectivity index (χ3v) is 3.99. The fourth-order valence-corrected chi connectivity index (χ4v) is 2.41. The largest absolute Gasteiger partial charge is 0.471 e. The van der Waals surface area contributed by atoms with Gasteiger partial charge in [0.05, 0.1) is 4.90 Å². The van der Waals surface area contributed by atoms with Crippen LogP contribution in [-0.4, -0.2) is 25.2 Å². The molecule has 2 aromatic carbocycles. The normalized spacial score (nSPS) is 12.3. The second kappa shape index (κ2) is 7.52. The van der Waals surface area contributed by atoms with Gasteiger partial charge in [0, 0.05) is 10.7 Å². The molecule has 0 saturated carbocycles. The highest BCUT2D eigenvalue weighted by Crippen LogP contribution is 2.16. The van der Waals surface area contributed by atoms with E-state index in [0.717, 1.165) is 0 Å². The first-order valence-electron chi connectivity index (χ1n) is 6.81.